The van der Waals surface area contributed by atoms with Crippen LogP contribution in [0.3, 0.4) is 0 Å². The van der Waals surface area contributed by atoms with Crippen LogP contribution in [0.5, 0.6) is 0 Å². The van der Waals surface area contributed by atoms with Gasteiger partial charge in [-0.25, -0.2) is 0 Å². The van der Waals surface area contributed by atoms with Crippen molar-refractivity contribution in [2.75, 3.05) is 0 Å². The monoisotopic (exact) mass is 208 g/mol. The first-order valence-electron chi connectivity index (χ1n) is 4.01. The lowest BCUT2D eigenvalue weighted by Gasteiger charge is -1.89. The highest BCUT2D eigenvalue weighted by Crippen LogP contribution is 2.09. The predicted octanol–water partition coefficient (Wildman–Crippen LogP) is -1.72. The van der Waals surface area contributed by atoms with Crippen molar-refractivity contribution in [3.05, 3.63) is 39.9 Å². The molecule has 5 N–H and O–H groups in total. The van der Waals surface area contributed by atoms with Crippen molar-refractivity contribution in [3.63, 3.8) is 0 Å². The SMILES string of the molecule is NC(N)=N/[NH+]=C\c1ccc([N+](=O)[O-])cc1. The Kier molecular flexibility index (Phi) is 3.33. The summed E-state index contributed by atoms with van der Waals surface area (Å²) in [6, 6.07) is 5.94. The molecule has 0 spiro atoms. The number of non-ortho nitro benzene ring substituents is 1. The van der Waals surface area contributed by atoms with E-state index in [1.165, 1.54) is 18.3 Å². The summed E-state index contributed by atoms with van der Waals surface area (Å²) in [5.74, 6) is -0.0897. The van der Waals surface area contributed by atoms with E-state index in [1.54, 1.807) is 12.1 Å². The Morgan fingerprint density at radius 3 is 2.47 bits per heavy atom. The molecule has 1 aromatic rings. The third kappa shape index (κ3) is 3.43. The summed E-state index contributed by atoms with van der Waals surface area (Å²) < 4.78 is 0. The first-order chi connectivity index (χ1) is 7.09. The highest BCUT2D eigenvalue weighted by Gasteiger charge is 2.03. The van der Waals surface area contributed by atoms with Crippen LogP contribution in [0.4, 0.5) is 5.69 Å². The van der Waals surface area contributed by atoms with Gasteiger partial charge in [-0.15, -0.1) is 5.10 Å². The molecule has 0 aliphatic heterocycles. The maximum atomic E-state index is 10.3. The van der Waals surface area contributed by atoms with E-state index in [4.69, 9.17) is 11.5 Å². The smallest absolute Gasteiger partial charge is 0.269 e. The Balaban J connectivity index is 2.77. The number of hydrogen-bond donors (Lipinski definition) is 3. The van der Waals surface area contributed by atoms with Gasteiger partial charge in [0.15, 0.2) is 0 Å². The molecule has 0 saturated heterocycles. The molecule has 0 aliphatic carbocycles. The van der Waals surface area contributed by atoms with Gasteiger partial charge in [0, 0.05) is 22.8 Å². The lowest BCUT2D eigenvalue weighted by atomic mass is 10.2. The Hall–Kier alpha value is -2.44. The van der Waals surface area contributed by atoms with Crippen molar-refractivity contribution in [3.8, 4) is 0 Å². The van der Waals surface area contributed by atoms with Crippen molar-refractivity contribution in [2.45, 2.75) is 0 Å². The van der Waals surface area contributed by atoms with Crippen molar-refractivity contribution in [1.29, 1.82) is 0 Å². The highest BCUT2D eigenvalue weighted by molar-refractivity contribution is 5.77. The molecule has 0 aliphatic rings. The van der Waals surface area contributed by atoms with Gasteiger partial charge in [0.2, 0.25) is 6.21 Å². The second-order valence-corrected chi connectivity index (χ2v) is 2.66. The van der Waals surface area contributed by atoms with E-state index in [2.05, 4.69) is 10.2 Å². The minimum Gasteiger partial charge on any atom is -0.365 e. The van der Waals surface area contributed by atoms with Gasteiger partial charge in [0.05, 0.1) is 4.92 Å². The van der Waals surface area contributed by atoms with E-state index < -0.39 is 4.92 Å². The zero-order valence-corrected chi connectivity index (χ0v) is 7.75. The number of rotatable bonds is 3. The number of nitrogens with one attached hydrogen (secondary N) is 1. The molecule has 1 rings (SSSR count). The van der Waals surface area contributed by atoms with E-state index in [0.29, 0.717) is 0 Å². The second-order valence-electron chi connectivity index (χ2n) is 2.66. The number of nitrogens with zero attached hydrogens (tertiary/aromatic N) is 2. The third-order valence-corrected chi connectivity index (χ3v) is 1.53. The fourth-order valence-corrected chi connectivity index (χ4v) is 0.874. The first kappa shape index (κ1) is 10.6. The van der Waals surface area contributed by atoms with Gasteiger partial charge < -0.3 is 11.5 Å². The molecular formula is C8H10N5O2+. The molecule has 0 atom stereocenters. The fraction of sp³-hybridized carbons (Fsp3) is 0. The van der Waals surface area contributed by atoms with Crippen LogP contribution < -0.4 is 16.6 Å². The maximum Gasteiger partial charge on any atom is 0.269 e. The largest absolute Gasteiger partial charge is 0.365 e. The summed E-state index contributed by atoms with van der Waals surface area (Å²) in [5, 5.41) is 16.3. The summed E-state index contributed by atoms with van der Waals surface area (Å²) in [6.07, 6.45) is 1.52. The molecule has 1 aromatic carbocycles. The highest BCUT2D eigenvalue weighted by atomic mass is 16.6. The molecule has 0 radical (unpaired) electrons. The van der Waals surface area contributed by atoms with Gasteiger partial charge in [0.1, 0.15) is 0 Å². The van der Waals surface area contributed by atoms with Crippen LogP contribution >= 0.6 is 0 Å². The summed E-state index contributed by atoms with van der Waals surface area (Å²) in [4.78, 5) is 9.88. The van der Waals surface area contributed by atoms with E-state index in [1.807, 2.05) is 0 Å². The zero-order valence-electron chi connectivity index (χ0n) is 7.75. The number of nitro groups is 1. The molecule has 0 heterocycles. The van der Waals surface area contributed by atoms with Gasteiger partial charge in [-0.05, 0) is 12.1 Å². The van der Waals surface area contributed by atoms with Crippen molar-refractivity contribution >= 4 is 17.9 Å². The molecule has 0 unspecified atom stereocenters. The summed E-state index contributed by atoms with van der Waals surface area (Å²) >= 11 is 0. The van der Waals surface area contributed by atoms with Crippen molar-refractivity contribution in [2.24, 2.45) is 16.6 Å². The minimum absolute atomic E-state index is 0.0361. The van der Waals surface area contributed by atoms with Crippen LogP contribution in [0, 0.1) is 10.1 Å². The lowest BCUT2D eigenvalue weighted by Crippen LogP contribution is -2.63. The van der Waals surface area contributed by atoms with Crippen LogP contribution in [0.15, 0.2) is 29.4 Å². The van der Waals surface area contributed by atoms with Crippen LogP contribution in [0.2, 0.25) is 0 Å². The molecule has 7 heteroatoms. The maximum absolute atomic E-state index is 10.3. The number of benzene rings is 1. The normalized spacial score (nSPS) is 10.1. The molecule has 0 fully saturated rings. The standard InChI is InChI=1S/C8H9N5O2/c9-8(10)12-11-5-6-1-3-7(4-2-6)13(14)15/h1-5H,(H4,9,10,12)/p+1/b11-5-. The molecule has 0 bridgehead atoms. The molecule has 15 heavy (non-hydrogen) atoms. The zero-order chi connectivity index (χ0) is 11.3. The molecular weight excluding hydrogens is 198 g/mol. The molecule has 0 aromatic heterocycles. The molecule has 0 saturated carbocycles. The van der Waals surface area contributed by atoms with Crippen molar-refractivity contribution < 1.29 is 10.0 Å². The summed E-state index contributed by atoms with van der Waals surface area (Å²) in [6.45, 7) is 0. The van der Waals surface area contributed by atoms with Crippen LogP contribution in [0.25, 0.3) is 0 Å². The predicted molar refractivity (Wildman–Crippen MR) is 55.0 cm³/mol. The third-order valence-electron chi connectivity index (χ3n) is 1.53. The van der Waals surface area contributed by atoms with Crippen LogP contribution in [0.1, 0.15) is 5.56 Å². The molecule has 78 valence electrons. The minimum atomic E-state index is -0.465. The quantitative estimate of drug-likeness (QED) is 0.237. The average Bonchev–Trinajstić information content (AvgIpc) is 2.18. The fourth-order valence-electron chi connectivity index (χ4n) is 0.874. The number of guanidine groups is 1. The number of hydrazone groups is 1. The molecule has 0 amide bonds. The van der Waals surface area contributed by atoms with Gasteiger partial charge >= 0.3 is 0 Å². The summed E-state index contributed by atoms with van der Waals surface area (Å²) in [7, 11) is 0. The number of nitrogens with two attached hydrogens (primary N) is 2. The van der Waals surface area contributed by atoms with Gasteiger partial charge in [-0.3, -0.25) is 10.1 Å². The average molecular weight is 208 g/mol. The first-order valence-corrected chi connectivity index (χ1v) is 4.01. The van der Waals surface area contributed by atoms with Gasteiger partial charge in [-0.2, -0.15) is 0 Å². The Bertz CT molecular complexity index is 406. The van der Waals surface area contributed by atoms with Gasteiger partial charge in [0.25, 0.3) is 11.6 Å². The Labute approximate surface area is 85.3 Å². The second kappa shape index (κ2) is 4.70. The van der Waals surface area contributed by atoms with Gasteiger partial charge in [-0.1, -0.05) is 0 Å². The topological polar surface area (TPSA) is 122 Å². The lowest BCUT2D eigenvalue weighted by molar-refractivity contribution is -0.456. The summed E-state index contributed by atoms with van der Waals surface area (Å²) in [5.41, 5.74) is 10.9. The van der Waals surface area contributed by atoms with Crippen LogP contribution in [-0.2, 0) is 0 Å². The Morgan fingerprint density at radius 2 is 2.00 bits per heavy atom. The van der Waals surface area contributed by atoms with E-state index in [-0.39, 0.29) is 11.6 Å². The Morgan fingerprint density at radius 1 is 1.40 bits per heavy atom. The van der Waals surface area contributed by atoms with E-state index in [0.717, 1.165) is 5.56 Å². The molecule has 7 nitrogen and oxygen atoms in total. The number of hydrogen-bond acceptors (Lipinski definition) is 3. The van der Waals surface area contributed by atoms with E-state index >= 15 is 0 Å². The van der Waals surface area contributed by atoms with Crippen molar-refractivity contribution in [1.82, 2.24) is 0 Å². The van der Waals surface area contributed by atoms with E-state index in [9.17, 15) is 10.1 Å². The number of nitro benzene ring substituents is 1. The van der Waals surface area contributed by atoms with Crippen LogP contribution in [-0.4, -0.2) is 17.1 Å².